The molecule has 0 bridgehead atoms. The molecule has 0 spiro atoms. The molecule has 0 radical (unpaired) electrons. The number of nitrogens with zero attached hydrogens (tertiary/aromatic N) is 2. The lowest BCUT2D eigenvalue weighted by Crippen LogP contribution is -2.47. The summed E-state index contributed by atoms with van der Waals surface area (Å²) in [5, 5.41) is 3.42. The first-order valence-corrected chi connectivity index (χ1v) is 10.00. The van der Waals surface area contributed by atoms with Crippen molar-refractivity contribution in [2.45, 2.75) is 38.4 Å². The average Bonchev–Trinajstić information content (AvgIpc) is 2.72. The third kappa shape index (κ3) is 7.48. The molecule has 27 heavy (non-hydrogen) atoms. The fourth-order valence-electron chi connectivity index (χ4n) is 3.27. The van der Waals surface area contributed by atoms with E-state index in [2.05, 4.69) is 29.3 Å². The molecule has 1 heterocycles. The summed E-state index contributed by atoms with van der Waals surface area (Å²) < 4.78 is 16.7. The summed E-state index contributed by atoms with van der Waals surface area (Å²) in [6.07, 6.45) is 3.34. The SMILES string of the molecule is CCNC(=NCC(OC)c1ccccc1)N1CCC(OCCCOC)CC1. The minimum atomic E-state index is -0.0264. The Morgan fingerprint density at radius 2 is 1.93 bits per heavy atom. The number of nitrogens with one attached hydrogen (secondary N) is 1. The number of ether oxygens (including phenoxy) is 3. The molecule has 0 saturated carbocycles. The van der Waals surface area contributed by atoms with Crippen LogP contribution >= 0.6 is 0 Å². The summed E-state index contributed by atoms with van der Waals surface area (Å²) in [5.41, 5.74) is 1.16. The van der Waals surface area contributed by atoms with Gasteiger partial charge in [0.1, 0.15) is 6.10 Å². The van der Waals surface area contributed by atoms with Crippen LogP contribution in [0.4, 0.5) is 0 Å². The number of rotatable bonds is 10. The molecule has 152 valence electrons. The van der Waals surface area contributed by atoms with E-state index in [0.717, 1.165) is 63.6 Å². The van der Waals surface area contributed by atoms with Gasteiger partial charge in [-0.1, -0.05) is 30.3 Å². The highest BCUT2D eigenvalue weighted by atomic mass is 16.5. The smallest absolute Gasteiger partial charge is 0.194 e. The highest BCUT2D eigenvalue weighted by molar-refractivity contribution is 5.80. The third-order valence-corrected chi connectivity index (χ3v) is 4.79. The summed E-state index contributed by atoms with van der Waals surface area (Å²) in [7, 11) is 3.47. The van der Waals surface area contributed by atoms with Gasteiger partial charge in [-0.15, -0.1) is 0 Å². The second-order valence-electron chi connectivity index (χ2n) is 6.73. The van der Waals surface area contributed by atoms with Crippen molar-refractivity contribution in [3.63, 3.8) is 0 Å². The Labute approximate surface area is 163 Å². The minimum Gasteiger partial charge on any atom is -0.385 e. The van der Waals surface area contributed by atoms with Crippen molar-refractivity contribution >= 4 is 5.96 Å². The number of guanidine groups is 1. The van der Waals surface area contributed by atoms with Crippen molar-refractivity contribution in [3.8, 4) is 0 Å². The first-order chi connectivity index (χ1) is 13.3. The van der Waals surface area contributed by atoms with Crippen molar-refractivity contribution in [2.24, 2.45) is 4.99 Å². The van der Waals surface area contributed by atoms with E-state index < -0.39 is 0 Å². The van der Waals surface area contributed by atoms with E-state index in [4.69, 9.17) is 19.2 Å². The molecule has 1 saturated heterocycles. The Morgan fingerprint density at radius 3 is 2.56 bits per heavy atom. The predicted octanol–water partition coefficient (Wildman–Crippen LogP) is 2.86. The maximum absolute atomic E-state index is 5.96. The Morgan fingerprint density at radius 1 is 1.19 bits per heavy atom. The molecule has 0 aliphatic carbocycles. The Kier molecular flexibility index (Phi) is 10.2. The van der Waals surface area contributed by atoms with Gasteiger partial charge in [0.2, 0.25) is 0 Å². The van der Waals surface area contributed by atoms with Crippen LogP contribution in [-0.2, 0) is 14.2 Å². The third-order valence-electron chi connectivity index (χ3n) is 4.79. The molecule has 1 fully saturated rings. The first-order valence-electron chi connectivity index (χ1n) is 10.00. The van der Waals surface area contributed by atoms with Gasteiger partial charge in [0.25, 0.3) is 0 Å². The molecule has 0 amide bonds. The van der Waals surface area contributed by atoms with Crippen LogP contribution in [-0.4, -0.2) is 70.6 Å². The summed E-state index contributed by atoms with van der Waals surface area (Å²) in [6, 6.07) is 10.3. The number of hydrogen-bond acceptors (Lipinski definition) is 4. The molecule has 1 unspecified atom stereocenters. The molecule has 6 heteroatoms. The molecule has 1 aromatic rings. The van der Waals surface area contributed by atoms with Gasteiger partial charge >= 0.3 is 0 Å². The minimum absolute atomic E-state index is 0.0264. The summed E-state index contributed by atoms with van der Waals surface area (Å²) in [4.78, 5) is 7.17. The monoisotopic (exact) mass is 377 g/mol. The zero-order chi connectivity index (χ0) is 19.3. The van der Waals surface area contributed by atoms with E-state index in [9.17, 15) is 0 Å². The molecule has 1 N–H and O–H groups in total. The number of methoxy groups -OCH3 is 2. The summed E-state index contributed by atoms with van der Waals surface area (Å²) in [5.74, 6) is 0.966. The zero-order valence-electron chi connectivity index (χ0n) is 17.0. The van der Waals surface area contributed by atoms with Crippen molar-refractivity contribution in [1.82, 2.24) is 10.2 Å². The Bertz CT molecular complexity index is 531. The predicted molar refractivity (Wildman–Crippen MR) is 109 cm³/mol. The maximum atomic E-state index is 5.96. The fourth-order valence-corrected chi connectivity index (χ4v) is 3.27. The number of likely N-dealkylation sites (tertiary alicyclic amines) is 1. The van der Waals surface area contributed by atoms with Crippen LogP contribution in [0.25, 0.3) is 0 Å². The van der Waals surface area contributed by atoms with Gasteiger partial charge < -0.3 is 24.4 Å². The summed E-state index contributed by atoms with van der Waals surface area (Å²) in [6.45, 7) is 7.03. The molecule has 1 aliphatic rings. The van der Waals surface area contributed by atoms with Gasteiger partial charge in [-0.25, -0.2) is 0 Å². The molecular formula is C21H35N3O3. The van der Waals surface area contributed by atoms with E-state index >= 15 is 0 Å². The van der Waals surface area contributed by atoms with Crippen LogP contribution in [0.3, 0.4) is 0 Å². The van der Waals surface area contributed by atoms with Crippen LogP contribution in [0.1, 0.15) is 37.9 Å². The van der Waals surface area contributed by atoms with E-state index in [1.165, 1.54) is 0 Å². The van der Waals surface area contributed by atoms with Gasteiger partial charge in [-0.05, 0) is 31.7 Å². The number of piperidine rings is 1. The molecule has 1 aliphatic heterocycles. The van der Waals surface area contributed by atoms with Gasteiger partial charge in [0.05, 0.1) is 12.6 Å². The van der Waals surface area contributed by atoms with Crippen molar-refractivity contribution in [1.29, 1.82) is 0 Å². The molecule has 2 rings (SSSR count). The lowest BCUT2D eigenvalue weighted by atomic mass is 10.1. The topological polar surface area (TPSA) is 55.3 Å². The van der Waals surface area contributed by atoms with Crippen molar-refractivity contribution in [2.75, 3.05) is 53.6 Å². The number of aliphatic imine (C=N–C) groups is 1. The average molecular weight is 378 g/mol. The lowest BCUT2D eigenvalue weighted by molar-refractivity contribution is 0.00984. The molecule has 1 atom stereocenters. The van der Waals surface area contributed by atoms with Crippen LogP contribution in [0.2, 0.25) is 0 Å². The molecule has 6 nitrogen and oxygen atoms in total. The van der Waals surface area contributed by atoms with Crippen LogP contribution < -0.4 is 5.32 Å². The van der Waals surface area contributed by atoms with Gasteiger partial charge in [0, 0.05) is 47.1 Å². The van der Waals surface area contributed by atoms with E-state index in [1.807, 2.05) is 18.2 Å². The normalized spacial score (nSPS) is 17.1. The molecular weight excluding hydrogens is 342 g/mol. The van der Waals surface area contributed by atoms with E-state index in [0.29, 0.717) is 12.6 Å². The van der Waals surface area contributed by atoms with E-state index in [1.54, 1.807) is 14.2 Å². The van der Waals surface area contributed by atoms with Gasteiger partial charge in [-0.3, -0.25) is 4.99 Å². The second-order valence-corrected chi connectivity index (χ2v) is 6.73. The van der Waals surface area contributed by atoms with Crippen LogP contribution in [0.5, 0.6) is 0 Å². The molecule has 0 aromatic heterocycles. The Balaban J connectivity index is 1.86. The molecule has 1 aromatic carbocycles. The first kappa shape index (κ1) is 21.7. The van der Waals surface area contributed by atoms with Crippen molar-refractivity contribution < 1.29 is 14.2 Å². The zero-order valence-corrected chi connectivity index (χ0v) is 17.0. The van der Waals surface area contributed by atoms with Gasteiger partial charge in [0.15, 0.2) is 5.96 Å². The quantitative estimate of drug-likeness (QED) is 0.386. The highest BCUT2D eigenvalue weighted by Crippen LogP contribution is 2.18. The van der Waals surface area contributed by atoms with Gasteiger partial charge in [-0.2, -0.15) is 0 Å². The number of hydrogen-bond donors (Lipinski definition) is 1. The van der Waals surface area contributed by atoms with E-state index in [-0.39, 0.29) is 6.10 Å². The Hall–Kier alpha value is -1.63. The standard InChI is InChI=1S/C21H35N3O3/c1-4-22-21(23-17-20(26-3)18-9-6-5-7-10-18)24-13-11-19(12-14-24)27-16-8-15-25-2/h5-7,9-10,19-20H,4,8,11-17H2,1-3H3,(H,22,23). The fraction of sp³-hybridized carbons (Fsp3) is 0.667. The second kappa shape index (κ2) is 12.7. The maximum Gasteiger partial charge on any atom is 0.194 e. The van der Waals surface area contributed by atoms with Crippen LogP contribution in [0.15, 0.2) is 35.3 Å². The van der Waals surface area contributed by atoms with Crippen LogP contribution in [0, 0.1) is 0 Å². The highest BCUT2D eigenvalue weighted by Gasteiger charge is 2.22. The summed E-state index contributed by atoms with van der Waals surface area (Å²) >= 11 is 0. The lowest BCUT2D eigenvalue weighted by Gasteiger charge is -2.34. The largest absolute Gasteiger partial charge is 0.385 e. The number of benzene rings is 1. The van der Waals surface area contributed by atoms with Crippen molar-refractivity contribution in [3.05, 3.63) is 35.9 Å².